The molecule has 27 heavy (non-hydrogen) atoms. The van der Waals surface area contributed by atoms with Crippen molar-refractivity contribution in [3.8, 4) is 0 Å². The van der Waals surface area contributed by atoms with Crippen molar-refractivity contribution in [1.29, 1.82) is 0 Å². The lowest BCUT2D eigenvalue weighted by molar-refractivity contribution is -0.116. The summed E-state index contributed by atoms with van der Waals surface area (Å²) in [6.07, 6.45) is 0.706. The SMILES string of the molecule is CCc1nnc2n1N[C@@H](c1ccc(F)cc1)[C@H](C(=O)Nc1ccccc1)S2. The topological polar surface area (TPSA) is 71.8 Å². The van der Waals surface area contributed by atoms with Crippen LogP contribution >= 0.6 is 11.8 Å². The molecule has 0 radical (unpaired) electrons. The lowest BCUT2D eigenvalue weighted by Crippen LogP contribution is -2.41. The number of fused-ring (bicyclic) bond motifs is 1. The number of thioether (sulfide) groups is 1. The van der Waals surface area contributed by atoms with Crippen molar-refractivity contribution in [2.75, 3.05) is 10.7 Å². The molecule has 138 valence electrons. The average Bonchev–Trinajstić information content (AvgIpc) is 3.10. The molecule has 2 heterocycles. The van der Waals surface area contributed by atoms with E-state index in [2.05, 4.69) is 20.9 Å². The largest absolute Gasteiger partial charge is 0.325 e. The lowest BCUT2D eigenvalue weighted by Gasteiger charge is -2.33. The van der Waals surface area contributed by atoms with Gasteiger partial charge in [0, 0.05) is 12.1 Å². The van der Waals surface area contributed by atoms with Gasteiger partial charge in [-0.1, -0.05) is 49.0 Å². The number of rotatable bonds is 4. The van der Waals surface area contributed by atoms with Gasteiger partial charge in [0.15, 0.2) is 5.82 Å². The molecular formula is C19H18FN5OS. The molecule has 0 spiro atoms. The Bertz CT molecular complexity index is 944. The second-order valence-electron chi connectivity index (χ2n) is 6.14. The van der Waals surface area contributed by atoms with Crippen LogP contribution in [0.4, 0.5) is 10.1 Å². The van der Waals surface area contributed by atoms with Gasteiger partial charge in [0.25, 0.3) is 0 Å². The first-order valence-corrected chi connectivity index (χ1v) is 9.52. The lowest BCUT2D eigenvalue weighted by atomic mass is 10.0. The Morgan fingerprint density at radius 2 is 1.93 bits per heavy atom. The molecule has 0 bridgehead atoms. The van der Waals surface area contributed by atoms with Crippen molar-refractivity contribution in [3.05, 3.63) is 71.8 Å². The van der Waals surface area contributed by atoms with Gasteiger partial charge in [-0.15, -0.1) is 10.2 Å². The number of hydrogen-bond acceptors (Lipinski definition) is 5. The minimum Gasteiger partial charge on any atom is -0.325 e. The highest BCUT2D eigenvalue weighted by Crippen LogP contribution is 2.37. The number of benzene rings is 2. The molecule has 0 aliphatic carbocycles. The second kappa shape index (κ2) is 7.40. The van der Waals surface area contributed by atoms with E-state index in [0.29, 0.717) is 11.6 Å². The summed E-state index contributed by atoms with van der Waals surface area (Å²) in [4.78, 5) is 13.0. The fourth-order valence-electron chi connectivity index (χ4n) is 2.98. The third kappa shape index (κ3) is 3.52. The Labute approximate surface area is 160 Å². The monoisotopic (exact) mass is 383 g/mol. The zero-order valence-electron chi connectivity index (χ0n) is 14.6. The number of para-hydroxylation sites is 1. The zero-order chi connectivity index (χ0) is 18.8. The van der Waals surface area contributed by atoms with Gasteiger partial charge in [0.1, 0.15) is 11.1 Å². The summed E-state index contributed by atoms with van der Waals surface area (Å²) in [5.41, 5.74) is 4.88. The van der Waals surface area contributed by atoms with Crippen molar-refractivity contribution in [3.63, 3.8) is 0 Å². The van der Waals surface area contributed by atoms with Gasteiger partial charge in [-0.3, -0.25) is 4.79 Å². The molecule has 4 rings (SSSR count). The standard InChI is InChI=1S/C19H18FN5OS/c1-2-15-22-23-19-25(15)24-16(12-8-10-13(20)11-9-12)17(27-19)18(26)21-14-6-4-3-5-7-14/h3-11,16-17,24H,2H2,1H3,(H,21,26)/t16-,17+/m0/s1. The van der Waals surface area contributed by atoms with Crippen LogP contribution in [0.3, 0.4) is 0 Å². The van der Waals surface area contributed by atoms with Crippen LogP contribution in [0.5, 0.6) is 0 Å². The highest BCUT2D eigenvalue weighted by molar-refractivity contribution is 8.00. The highest BCUT2D eigenvalue weighted by atomic mass is 32.2. The van der Waals surface area contributed by atoms with Crippen LogP contribution in [0.25, 0.3) is 0 Å². The maximum absolute atomic E-state index is 13.4. The van der Waals surface area contributed by atoms with Crippen LogP contribution in [0.2, 0.25) is 0 Å². The molecule has 2 N–H and O–H groups in total. The Morgan fingerprint density at radius 3 is 2.63 bits per heavy atom. The first-order valence-electron chi connectivity index (χ1n) is 8.64. The van der Waals surface area contributed by atoms with E-state index in [0.717, 1.165) is 17.1 Å². The van der Waals surface area contributed by atoms with Gasteiger partial charge in [-0.05, 0) is 29.8 Å². The predicted octanol–water partition coefficient (Wildman–Crippen LogP) is 3.38. The Balaban J connectivity index is 1.67. The molecule has 2 aromatic carbocycles. The van der Waals surface area contributed by atoms with Gasteiger partial charge in [-0.25, -0.2) is 9.07 Å². The minimum atomic E-state index is -0.489. The van der Waals surface area contributed by atoms with E-state index < -0.39 is 5.25 Å². The molecule has 0 fully saturated rings. The Kier molecular flexibility index (Phi) is 4.81. The van der Waals surface area contributed by atoms with E-state index in [1.807, 2.05) is 41.9 Å². The summed E-state index contributed by atoms with van der Waals surface area (Å²) in [6.45, 7) is 1.99. The molecule has 1 aliphatic heterocycles. The predicted molar refractivity (Wildman–Crippen MR) is 103 cm³/mol. The number of nitrogens with zero attached hydrogens (tertiary/aromatic N) is 3. The molecule has 1 aromatic heterocycles. The average molecular weight is 383 g/mol. The number of carbonyl (C=O) groups excluding carboxylic acids is 1. The Morgan fingerprint density at radius 1 is 1.19 bits per heavy atom. The fourth-order valence-corrected chi connectivity index (χ4v) is 4.08. The normalized spacial score (nSPS) is 18.4. The zero-order valence-corrected chi connectivity index (χ0v) is 15.4. The van der Waals surface area contributed by atoms with Crippen LogP contribution in [-0.2, 0) is 11.2 Å². The number of aryl methyl sites for hydroxylation is 1. The van der Waals surface area contributed by atoms with Gasteiger partial charge in [0.05, 0.1) is 6.04 Å². The van der Waals surface area contributed by atoms with Crippen LogP contribution in [-0.4, -0.2) is 26.0 Å². The van der Waals surface area contributed by atoms with Gasteiger partial charge < -0.3 is 10.7 Å². The van der Waals surface area contributed by atoms with Crippen LogP contribution in [0.1, 0.15) is 24.4 Å². The molecular weight excluding hydrogens is 365 g/mol. The summed E-state index contributed by atoms with van der Waals surface area (Å²) in [6, 6.07) is 15.1. The Hall–Kier alpha value is -2.87. The van der Waals surface area contributed by atoms with E-state index in [1.165, 1.54) is 23.9 Å². The van der Waals surface area contributed by atoms with Crippen molar-refractivity contribution < 1.29 is 9.18 Å². The molecule has 1 amide bonds. The van der Waals surface area contributed by atoms with Gasteiger partial charge in [-0.2, -0.15) is 0 Å². The molecule has 0 saturated carbocycles. The minimum absolute atomic E-state index is 0.152. The molecule has 0 unspecified atom stereocenters. The van der Waals surface area contributed by atoms with Crippen molar-refractivity contribution in [1.82, 2.24) is 14.9 Å². The first kappa shape index (κ1) is 17.5. The summed E-state index contributed by atoms with van der Waals surface area (Å²) in [5.74, 6) is 0.318. The third-order valence-electron chi connectivity index (χ3n) is 4.35. The summed E-state index contributed by atoms with van der Waals surface area (Å²) >= 11 is 1.35. The quantitative estimate of drug-likeness (QED) is 0.723. The molecule has 1 aliphatic rings. The number of amides is 1. The number of anilines is 1. The number of carbonyl (C=O) groups is 1. The maximum atomic E-state index is 13.4. The van der Waals surface area contributed by atoms with Gasteiger partial charge in [0.2, 0.25) is 11.1 Å². The molecule has 3 aromatic rings. The fraction of sp³-hybridized carbons (Fsp3) is 0.211. The van der Waals surface area contributed by atoms with E-state index >= 15 is 0 Å². The summed E-state index contributed by atoms with van der Waals surface area (Å²) in [5, 5.41) is 11.4. The number of aromatic nitrogens is 3. The number of hydrogen-bond donors (Lipinski definition) is 2. The smallest absolute Gasteiger partial charge is 0.240 e. The van der Waals surface area contributed by atoms with Crippen molar-refractivity contribution in [2.45, 2.75) is 29.8 Å². The third-order valence-corrected chi connectivity index (χ3v) is 5.56. The van der Waals surface area contributed by atoms with E-state index in [1.54, 1.807) is 12.1 Å². The second-order valence-corrected chi connectivity index (χ2v) is 7.25. The highest BCUT2D eigenvalue weighted by Gasteiger charge is 2.37. The van der Waals surface area contributed by atoms with Gasteiger partial charge >= 0.3 is 0 Å². The van der Waals surface area contributed by atoms with E-state index in [4.69, 9.17) is 0 Å². The molecule has 2 atom stereocenters. The molecule has 8 heteroatoms. The number of halogens is 1. The summed E-state index contributed by atoms with van der Waals surface area (Å²) < 4.78 is 15.2. The summed E-state index contributed by atoms with van der Waals surface area (Å²) in [7, 11) is 0. The molecule has 0 saturated heterocycles. The van der Waals surface area contributed by atoms with Crippen LogP contribution < -0.4 is 10.7 Å². The van der Waals surface area contributed by atoms with Crippen LogP contribution in [0.15, 0.2) is 59.8 Å². The van der Waals surface area contributed by atoms with E-state index in [-0.39, 0.29) is 17.8 Å². The van der Waals surface area contributed by atoms with Crippen molar-refractivity contribution >= 4 is 23.4 Å². The van der Waals surface area contributed by atoms with Crippen molar-refractivity contribution in [2.24, 2.45) is 0 Å². The first-order chi connectivity index (χ1) is 13.2. The van der Waals surface area contributed by atoms with E-state index in [9.17, 15) is 9.18 Å². The molecule has 6 nitrogen and oxygen atoms in total. The number of nitrogens with one attached hydrogen (secondary N) is 2. The van der Waals surface area contributed by atoms with Crippen LogP contribution in [0, 0.1) is 5.82 Å². The maximum Gasteiger partial charge on any atom is 0.240 e.